The Morgan fingerprint density at radius 3 is 1.67 bits per heavy atom. The number of rotatable bonds is 14. The quantitative estimate of drug-likeness (QED) is 0.279. The van der Waals surface area contributed by atoms with Crippen molar-refractivity contribution in [1.82, 2.24) is 0 Å². The molecular weight excluding hydrogens is 260 g/mol. The van der Waals surface area contributed by atoms with Gasteiger partial charge in [0.05, 0.1) is 12.0 Å². The molecule has 0 aromatic rings. The van der Waals surface area contributed by atoms with Gasteiger partial charge in [-0.2, -0.15) is 0 Å². The molecule has 0 radical (unpaired) electrons. The summed E-state index contributed by atoms with van der Waals surface area (Å²) in [6, 6.07) is 0. The molecule has 0 amide bonds. The maximum absolute atomic E-state index is 12.2. The molecule has 21 heavy (non-hydrogen) atoms. The van der Waals surface area contributed by atoms with E-state index in [9.17, 15) is 4.79 Å². The number of unbranched alkanes of at least 4 members (excludes halogenated alkanes) is 8. The number of carbonyl (C=O) groups is 1. The molecule has 0 saturated heterocycles. The Bertz CT molecular complexity index is 236. The lowest BCUT2D eigenvalue weighted by atomic mass is 9.94. The Hall–Kier alpha value is -0.530. The van der Waals surface area contributed by atoms with Crippen molar-refractivity contribution in [3.8, 4) is 0 Å². The van der Waals surface area contributed by atoms with Crippen LogP contribution < -0.4 is 0 Å². The molecule has 2 heteroatoms. The second-order valence-electron chi connectivity index (χ2n) is 6.59. The SMILES string of the molecule is CCCCCCCCC(CCCCCC)C(=O)OC(C)C. The van der Waals surface area contributed by atoms with Crippen LogP contribution in [0.2, 0.25) is 0 Å². The van der Waals surface area contributed by atoms with E-state index in [4.69, 9.17) is 4.74 Å². The van der Waals surface area contributed by atoms with Crippen molar-refractivity contribution in [2.75, 3.05) is 0 Å². The topological polar surface area (TPSA) is 26.3 Å². The molecule has 0 N–H and O–H groups in total. The van der Waals surface area contributed by atoms with Crippen LogP contribution in [-0.4, -0.2) is 12.1 Å². The first-order valence-electron chi connectivity index (χ1n) is 9.32. The van der Waals surface area contributed by atoms with Gasteiger partial charge in [0.2, 0.25) is 0 Å². The largest absolute Gasteiger partial charge is 0.463 e. The molecule has 0 saturated carbocycles. The first-order chi connectivity index (χ1) is 10.1. The van der Waals surface area contributed by atoms with Gasteiger partial charge in [0.25, 0.3) is 0 Å². The third kappa shape index (κ3) is 12.9. The minimum Gasteiger partial charge on any atom is -0.463 e. The fourth-order valence-electron chi connectivity index (χ4n) is 2.70. The van der Waals surface area contributed by atoms with Gasteiger partial charge in [0.15, 0.2) is 0 Å². The van der Waals surface area contributed by atoms with Gasteiger partial charge in [-0.1, -0.05) is 78.1 Å². The van der Waals surface area contributed by atoms with Gasteiger partial charge >= 0.3 is 5.97 Å². The highest BCUT2D eigenvalue weighted by molar-refractivity contribution is 5.72. The van der Waals surface area contributed by atoms with E-state index in [1.54, 1.807) is 0 Å². The van der Waals surface area contributed by atoms with E-state index in [1.165, 1.54) is 64.2 Å². The van der Waals surface area contributed by atoms with Gasteiger partial charge in [-0.3, -0.25) is 4.79 Å². The third-order valence-electron chi connectivity index (χ3n) is 4.00. The summed E-state index contributed by atoms with van der Waals surface area (Å²) in [5.41, 5.74) is 0. The van der Waals surface area contributed by atoms with Crippen LogP contribution in [0, 0.1) is 5.92 Å². The Morgan fingerprint density at radius 2 is 1.19 bits per heavy atom. The van der Waals surface area contributed by atoms with Crippen molar-refractivity contribution in [3.63, 3.8) is 0 Å². The monoisotopic (exact) mass is 298 g/mol. The van der Waals surface area contributed by atoms with Crippen molar-refractivity contribution in [2.45, 2.75) is 111 Å². The average molecular weight is 299 g/mol. The average Bonchev–Trinajstić information content (AvgIpc) is 2.44. The smallest absolute Gasteiger partial charge is 0.309 e. The molecule has 0 aliphatic rings. The summed E-state index contributed by atoms with van der Waals surface area (Å²) in [6.45, 7) is 8.35. The lowest BCUT2D eigenvalue weighted by Gasteiger charge is -2.17. The summed E-state index contributed by atoms with van der Waals surface area (Å²) in [4.78, 5) is 12.2. The predicted octanol–water partition coefficient (Wildman–Crippen LogP) is 6.28. The van der Waals surface area contributed by atoms with Crippen LogP contribution in [0.3, 0.4) is 0 Å². The van der Waals surface area contributed by atoms with Crippen molar-refractivity contribution in [1.29, 1.82) is 0 Å². The van der Waals surface area contributed by atoms with Crippen LogP contribution >= 0.6 is 0 Å². The summed E-state index contributed by atoms with van der Waals surface area (Å²) in [6.07, 6.45) is 14.7. The molecule has 0 spiro atoms. The van der Waals surface area contributed by atoms with E-state index in [1.807, 2.05) is 13.8 Å². The van der Waals surface area contributed by atoms with Gasteiger partial charge in [0, 0.05) is 0 Å². The Kier molecular flexibility index (Phi) is 14.0. The molecule has 0 aromatic heterocycles. The van der Waals surface area contributed by atoms with Crippen LogP contribution in [0.15, 0.2) is 0 Å². The summed E-state index contributed by atoms with van der Waals surface area (Å²) < 4.78 is 5.43. The molecule has 126 valence electrons. The fraction of sp³-hybridized carbons (Fsp3) is 0.947. The van der Waals surface area contributed by atoms with E-state index in [0.717, 1.165) is 12.8 Å². The van der Waals surface area contributed by atoms with Crippen molar-refractivity contribution in [2.24, 2.45) is 5.92 Å². The zero-order chi connectivity index (χ0) is 15.9. The lowest BCUT2D eigenvalue weighted by Crippen LogP contribution is -2.21. The Labute approximate surface area is 133 Å². The molecule has 0 aliphatic carbocycles. The van der Waals surface area contributed by atoms with Gasteiger partial charge in [0.1, 0.15) is 0 Å². The zero-order valence-corrected chi connectivity index (χ0v) is 15.0. The van der Waals surface area contributed by atoms with E-state index >= 15 is 0 Å². The van der Waals surface area contributed by atoms with E-state index in [-0.39, 0.29) is 18.0 Å². The number of esters is 1. The first kappa shape index (κ1) is 20.5. The van der Waals surface area contributed by atoms with Crippen molar-refractivity contribution in [3.05, 3.63) is 0 Å². The molecular formula is C19H38O2. The van der Waals surface area contributed by atoms with E-state index < -0.39 is 0 Å². The second-order valence-corrected chi connectivity index (χ2v) is 6.59. The standard InChI is InChI=1S/C19H38O2/c1-5-7-9-11-12-14-16-18(15-13-10-8-6-2)19(20)21-17(3)4/h17-18H,5-16H2,1-4H3. The number of hydrogen-bond acceptors (Lipinski definition) is 2. The van der Waals surface area contributed by atoms with Gasteiger partial charge in [-0.05, 0) is 26.7 Å². The number of hydrogen-bond donors (Lipinski definition) is 0. The van der Waals surface area contributed by atoms with E-state index in [2.05, 4.69) is 13.8 Å². The number of ether oxygens (including phenoxy) is 1. The summed E-state index contributed by atoms with van der Waals surface area (Å²) in [5, 5.41) is 0. The highest BCUT2D eigenvalue weighted by Gasteiger charge is 2.20. The van der Waals surface area contributed by atoms with Gasteiger partial charge in [-0.15, -0.1) is 0 Å². The third-order valence-corrected chi connectivity index (χ3v) is 4.00. The second kappa shape index (κ2) is 14.4. The fourth-order valence-corrected chi connectivity index (χ4v) is 2.70. The molecule has 0 aliphatic heterocycles. The molecule has 0 bridgehead atoms. The first-order valence-corrected chi connectivity index (χ1v) is 9.32. The maximum atomic E-state index is 12.2. The minimum atomic E-state index is 0.0141. The van der Waals surface area contributed by atoms with Crippen LogP contribution in [0.25, 0.3) is 0 Å². The lowest BCUT2D eigenvalue weighted by molar-refractivity contribution is -0.153. The summed E-state index contributed by atoms with van der Waals surface area (Å²) in [5.74, 6) is 0.172. The normalized spacial score (nSPS) is 12.6. The van der Waals surface area contributed by atoms with Crippen LogP contribution in [-0.2, 0) is 9.53 Å². The molecule has 1 unspecified atom stereocenters. The van der Waals surface area contributed by atoms with Gasteiger partial charge < -0.3 is 4.74 Å². The summed E-state index contributed by atoms with van der Waals surface area (Å²) in [7, 11) is 0. The van der Waals surface area contributed by atoms with Crippen LogP contribution in [0.5, 0.6) is 0 Å². The molecule has 2 nitrogen and oxygen atoms in total. The molecule has 0 fully saturated rings. The number of carbonyl (C=O) groups excluding carboxylic acids is 1. The highest BCUT2D eigenvalue weighted by atomic mass is 16.5. The van der Waals surface area contributed by atoms with Crippen LogP contribution in [0.4, 0.5) is 0 Å². The summed E-state index contributed by atoms with van der Waals surface area (Å²) >= 11 is 0. The molecule has 1 atom stereocenters. The molecule has 0 aromatic carbocycles. The highest BCUT2D eigenvalue weighted by Crippen LogP contribution is 2.20. The van der Waals surface area contributed by atoms with Gasteiger partial charge in [-0.25, -0.2) is 0 Å². The van der Waals surface area contributed by atoms with Crippen molar-refractivity contribution >= 4 is 5.97 Å². The predicted molar refractivity (Wildman–Crippen MR) is 91.5 cm³/mol. The Balaban J connectivity index is 3.97. The van der Waals surface area contributed by atoms with Crippen LogP contribution in [0.1, 0.15) is 105 Å². The zero-order valence-electron chi connectivity index (χ0n) is 15.0. The molecule has 0 rings (SSSR count). The maximum Gasteiger partial charge on any atom is 0.309 e. The van der Waals surface area contributed by atoms with E-state index in [0.29, 0.717) is 0 Å². The van der Waals surface area contributed by atoms with Crippen molar-refractivity contribution < 1.29 is 9.53 Å². The Morgan fingerprint density at radius 1 is 0.762 bits per heavy atom. The molecule has 0 heterocycles. The minimum absolute atomic E-state index is 0.0141.